The summed E-state index contributed by atoms with van der Waals surface area (Å²) in [7, 11) is -0.679. The monoisotopic (exact) mass is 460 g/mol. The van der Waals surface area contributed by atoms with Crippen LogP contribution in [0.25, 0.3) is 5.69 Å². The summed E-state index contributed by atoms with van der Waals surface area (Å²) in [6, 6.07) is 12.8. The summed E-state index contributed by atoms with van der Waals surface area (Å²) in [4.78, 5) is 0.195. The van der Waals surface area contributed by atoms with Crippen LogP contribution in [0.5, 0.6) is 11.5 Å². The number of hydrogen-bond acceptors (Lipinski definition) is 6. The molecule has 1 N–H and O–H groups in total. The molecule has 10 heteroatoms. The second kappa shape index (κ2) is 8.81. The molecule has 0 saturated carbocycles. The third-order valence-electron chi connectivity index (χ3n) is 5.35. The van der Waals surface area contributed by atoms with E-state index in [1.54, 1.807) is 10.6 Å². The summed E-state index contributed by atoms with van der Waals surface area (Å²) in [6.07, 6.45) is 1.95. The van der Waals surface area contributed by atoms with E-state index < -0.39 is 10.0 Å². The Morgan fingerprint density at radius 3 is 2.35 bits per heavy atom. The molecule has 1 saturated heterocycles. The van der Waals surface area contributed by atoms with Crippen LogP contribution < -0.4 is 9.47 Å². The molecule has 1 aromatic heterocycles. The van der Waals surface area contributed by atoms with Crippen molar-refractivity contribution in [2.75, 3.05) is 27.3 Å². The van der Waals surface area contributed by atoms with Gasteiger partial charge in [-0.2, -0.15) is 9.40 Å². The Kier molecular flexibility index (Phi) is 6.12. The van der Waals surface area contributed by atoms with E-state index in [0.717, 1.165) is 18.5 Å². The predicted molar refractivity (Wildman–Crippen MR) is 119 cm³/mol. The van der Waals surface area contributed by atoms with Crippen LogP contribution in [0, 0.1) is 4.77 Å². The van der Waals surface area contributed by atoms with Crippen molar-refractivity contribution in [1.82, 2.24) is 19.1 Å². The zero-order valence-corrected chi connectivity index (χ0v) is 19.0. The van der Waals surface area contributed by atoms with Crippen LogP contribution in [0.15, 0.2) is 47.4 Å². The zero-order chi connectivity index (χ0) is 22.0. The van der Waals surface area contributed by atoms with Crippen LogP contribution in [0.2, 0.25) is 0 Å². The minimum absolute atomic E-state index is 0.195. The summed E-state index contributed by atoms with van der Waals surface area (Å²) in [5, 5.41) is 7.19. The molecule has 4 rings (SSSR count). The molecule has 0 spiro atoms. The lowest BCUT2D eigenvalue weighted by Crippen LogP contribution is -2.29. The molecule has 164 valence electrons. The van der Waals surface area contributed by atoms with Gasteiger partial charge in [-0.1, -0.05) is 18.2 Å². The summed E-state index contributed by atoms with van der Waals surface area (Å²) in [5.41, 5.74) is 1.41. The van der Waals surface area contributed by atoms with Crippen molar-refractivity contribution in [3.63, 3.8) is 0 Å². The molecule has 1 aliphatic heterocycles. The maximum absolute atomic E-state index is 13.4. The minimum Gasteiger partial charge on any atom is -0.493 e. The normalized spacial score (nSPS) is 14.6. The first-order valence-electron chi connectivity index (χ1n) is 9.92. The van der Waals surface area contributed by atoms with Gasteiger partial charge in [0.2, 0.25) is 10.0 Å². The summed E-state index contributed by atoms with van der Waals surface area (Å²) in [5.74, 6) is 1.42. The Balaban J connectivity index is 1.85. The van der Waals surface area contributed by atoms with E-state index in [1.165, 1.54) is 24.6 Å². The molecule has 0 atom stereocenters. The molecule has 0 radical (unpaired) electrons. The predicted octanol–water partition coefficient (Wildman–Crippen LogP) is 3.32. The van der Waals surface area contributed by atoms with E-state index >= 15 is 0 Å². The Bertz CT molecular complexity index is 1230. The van der Waals surface area contributed by atoms with Crippen LogP contribution in [0.3, 0.4) is 0 Å². The number of ether oxygens (including phenoxy) is 2. The third-order valence-corrected chi connectivity index (χ3v) is 7.61. The van der Waals surface area contributed by atoms with Gasteiger partial charge in [0, 0.05) is 31.3 Å². The number of nitrogens with one attached hydrogen (secondary N) is 1. The van der Waals surface area contributed by atoms with Crippen molar-refractivity contribution in [2.45, 2.75) is 24.2 Å². The van der Waals surface area contributed by atoms with Gasteiger partial charge in [-0.05, 0) is 48.8 Å². The smallest absolute Gasteiger partial charge is 0.243 e. The number of methoxy groups -OCH3 is 2. The van der Waals surface area contributed by atoms with Crippen molar-refractivity contribution in [2.24, 2.45) is 0 Å². The lowest BCUT2D eigenvalue weighted by atomic mass is 10.1. The van der Waals surface area contributed by atoms with Gasteiger partial charge in [-0.25, -0.2) is 8.42 Å². The number of rotatable bonds is 7. The van der Waals surface area contributed by atoms with Crippen molar-refractivity contribution < 1.29 is 17.9 Å². The minimum atomic E-state index is -3.69. The van der Waals surface area contributed by atoms with Gasteiger partial charge in [-0.15, -0.1) is 0 Å². The first kappa shape index (κ1) is 21.5. The Morgan fingerprint density at radius 2 is 1.71 bits per heavy atom. The molecular weight excluding hydrogens is 436 g/mol. The molecule has 0 aliphatic carbocycles. The fourth-order valence-electron chi connectivity index (χ4n) is 3.81. The van der Waals surface area contributed by atoms with E-state index in [4.69, 9.17) is 21.7 Å². The quantitative estimate of drug-likeness (QED) is 0.544. The zero-order valence-electron chi connectivity index (χ0n) is 17.4. The van der Waals surface area contributed by atoms with Gasteiger partial charge < -0.3 is 9.47 Å². The number of benzene rings is 2. The van der Waals surface area contributed by atoms with Crippen LogP contribution in [-0.4, -0.2) is 54.8 Å². The second-order valence-electron chi connectivity index (χ2n) is 7.22. The van der Waals surface area contributed by atoms with Crippen molar-refractivity contribution in [3.05, 3.63) is 58.6 Å². The number of hydrogen-bond donors (Lipinski definition) is 1. The summed E-state index contributed by atoms with van der Waals surface area (Å²) >= 11 is 5.43. The standard InChI is InChI=1S/C21H24N4O4S2/c1-28-17-12-15(13-20-22-23-21(30)25(20)16-8-4-3-5-9-16)19(14-18(17)29-2)31(26,27)24-10-6-7-11-24/h3-5,8-9,12,14H,6-7,10-11,13H2,1-2H3,(H,23,30). The van der Waals surface area contributed by atoms with E-state index in [9.17, 15) is 8.42 Å². The molecule has 2 heterocycles. The molecule has 0 unspecified atom stereocenters. The van der Waals surface area contributed by atoms with Gasteiger partial charge in [-0.3, -0.25) is 9.67 Å². The SMILES string of the molecule is COc1cc(Cc2n[nH]c(=S)n2-c2ccccc2)c(S(=O)(=O)N2CCCC2)cc1OC. The van der Waals surface area contributed by atoms with Crippen molar-refractivity contribution in [1.29, 1.82) is 0 Å². The van der Waals surface area contributed by atoms with Gasteiger partial charge >= 0.3 is 0 Å². The highest BCUT2D eigenvalue weighted by Crippen LogP contribution is 2.36. The van der Waals surface area contributed by atoms with Gasteiger partial charge in [0.15, 0.2) is 16.3 Å². The highest BCUT2D eigenvalue weighted by atomic mass is 32.2. The molecule has 0 amide bonds. The van der Waals surface area contributed by atoms with Crippen LogP contribution in [0.4, 0.5) is 0 Å². The fourth-order valence-corrected chi connectivity index (χ4v) is 5.80. The average molecular weight is 461 g/mol. The topological polar surface area (TPSA) is 89.4 Å². The van der Waals surface area contributed by atoms with Gasteiger partial charge in [0.25, 0.3) is 0 Å². The lowest BCUT2D eigenvalue weighted by Gasteiger charge is -2.20. The molecule has 2 aromatic carbocycles. The number of aromatic nitrogens is 3. The Labute approximate surface area is 186 Å². The molecule has 1 aliphatic rings. The average Bonchev–Trinajstić information content (AvgIpc) is 3.44. The van der Waals surface area contributed by atoms with Crippen molar-refractivity contribution >= 4 is 22.2 Å². The molecule has 31 heavy (non-hydrogen) atoms. The van der Waals surface area contributed by atoms with E-state index in [0.29, 0.717) is 40.7 Å². The number of para-hydroxylation sites is 1. The van der Waals surface area contributed by atoms with Crippen LogP contribution in [-0.2, 0) is 16.4 Å². The lowest BCUT2D eigenvalue weighted by molar-refractivity contribution is 0.353. The fraction of sp³-hybridized carbons (Fsp3) is 0.333. The summed E-state index contributed by atoms with van der Waals surface area (Å²) < 4.78 is 41.5. The Hall–Kier alpha value is -2.69. The molecule has 8 nitrogen and oxygen atoms in total. The molecule has 3 aromatic rings. The first-order chi connectivity index (χ1) is 15.0. The maximum atomic E-state index is 13.4. The maximum Gasteiger partial charge on any atom is 0.243 e. The van der Waals surface area contributed by atoms with E-state index in [1.807, 2.05) is 30.3 Å². The third kappa shape index (κ3) is 4.10. The van der Waals surface area contributed by atoms with Gasteiger partial charge in [0.1, 0.15) is 5.82 Å². The highest BCUT2D eigenvalue weighted by molar-refractivity contribution is 7.89. The second-order valence-corrected chi connectivity index (χ2v) is 9.51. The molecule has 0 bridgehead atoms. The van der Waals surface area contributed by atoms with Gasteiger partial charge in [0.05, 0.1) is 19.1 Å². The molecular formula is C21H24N4O4S2. The van der Waals surface area contributed by atoms with E-state index in [-0.39, 0.29) is 11.3 Å². The molecule has 1 fully saturated rings. The largest absolute Gasteiger partial charge is 0.493 e. The first-order valence-corrected chi connectivity index (χ1v) is 11.8. The van der Waals surface area contributed by atoms with Crippen LogP contribution in [0.1, 0.15) is 24.2 Å². The van der Waals surface area contributed by atoms with Crippen LogP contribution >= 0.6 is 12.2 Å². The number of nitrogens with zero attached hydrogens (tertiary/aromatic N) is 3. The van der Waals surface area contributed by atoms with E-state index in [2.05, 4.69) is 10.2 Å². The number of aromatic amines is 1. The van der Waals surface area contributed by atoms with Crippen molar-refractivity contribution in [3.8, 4) is 17.2 Å². The summed E-state index contributed by atoms with van der Waals surface area (Å²) in [6.45, 7) is 1.03. The number of sulfonamides is 1. The number of H-pyrrole nitrogens is 1. The highest BCUT2D eigenvalue weighted by Gasteiger charge is 2.31. The Morgan fingerprint density at radius 1 is 1.06 bits per heavy atom.